The van der Waals surface area contributed by atoms with Crippen molar-refractivity contribution in [2.45, 2.75) is 35.1 Å². The van der Waals surface area contributed by atoms with Crippen LogP contribution in [0.25, 0.3) is 16.3 Å². The SMILES string of the molecule is Cc1ccccc1C(=O)Nc1ccc2nc(Sc3ccc(/C=C(\C#N)C(=O)NC[C@H]4CCCO4)cc3[N+](=O)[O-])sc2c1. The van der Waals surface area contributed by atoms with Gasteiger partial charge in [-0.3, -0.25) is 19.7 Å². The normalized spacial score (nSPS) is 14.9. The number of fused-ring (bicyclic) bond motifs is 1. The zero-order valence-corrected chi connectivity index (χ0v) is 24.1. The van der Waals surface area contributed by atoms with E-state index in [2.05, 4.69) is 15.6 Å². The molecule has 12 heteroatoms. The van der Waals surface area contributed by atoms with Crippen LogP contribution in [-0.2, 0) is 9.53 Å². The molecule has 4 aromatic rings. The summed E-state index contributed by atoms with van der Waals surface area (Å²) >= 11 is 2.50. The van der Waals surface area contributed by atoms with Gasteiger partial charge in [-0.05, 0) is 67.3 Å². The van der Waals surface area contributed by atoms with Crippen LogP contribution in [0, 0.1) is 28.4 Å². The third-order valence-corrected chi connectivity index (χ3v) is 8.73. The van der Waals surface area contributed by atoms with E-state index in [4.69, 9.17) is 4.74 Å². The molecule has 0 bridgehead atoms. The van der Waals surface area contributed by atoms with Gasteiger partial charge in [-0.15, -0.1) is 11.3 Å². The van der Waals surface area contributed by atoms with Gasteiger partial charge in [0.25, 0.3) is 17.5 Å². The summed E-state index contributed by atoms with van der Waals surface area (Å²) in [6, 6.07) is 19.1. The molecule has 0 unspecified atom stereocenters. The monoisotopic (exact) mass is 599 g/mol. The molecule has 5 rings (SSSR count). The third-order valence-electron chi connectivity index (χ3n) is 6.58. The van der Waals surface area contributed by atoms with Crippen LogP contribution in [0.4, 0.5) is 11.4 Å². The van der Waals surface area contributed by atoms with Gasteiger partial charge in [0.1, 0.15) is 11.6 Å². The summed E-state index contributed by atoms with van der Waals surface area (Å²) in [6.07, 6.45) is 3.03. The Kier molecular flexibility index (Phi) is 8.92. The number of hydrogen-bond donors (Lipinski definition) is 2. The molecule has 0 spiro atoms. The Morgan fingerprint density at radius 3 is 2.81 bits per heavy atom. The van der Waals surface area contributed by atoms with Crippen molar-refractivity contribution >= 4 is 62.6 Å². The van der Waals surface area contributed by atoms with Gasteiger partial charge in [0.2, 0.25) is 0 Å². The average Bonchev–Trinajstić information content (AvgIpc) is 3.64. The Morgan fingerprint density at radius 2 is 2.07 bits per heavy atom. The average molecular weight is 600 g/mol. The van der Waals surface area contributed by atoms with Crippen LogP contribution in [0.2, 0.25) is 0 Å². The van der Waals surface area contributed by atoms with Crippen molar-refractivity contribution in [2.24, 2.45) is 0 Å². The molecule has 2 N–H and O–H groups in total. The summed E-state index contributed by atoms with van der Waals surface area (Å²) in [6.45, 7) is 2.83. The molecule has 1 fully saturated rings. The number of nitrogens with one attached hydrogen (secondary N) is 2. The maximum Gasteiger partial charge on any atom is 0.283 e. The van der Waals surface area contributed by atoms with Gasteiger partial charge in [0.15, 0.2) is 4.34 Å². The first-order valence-electron chi connectivity index (χ1n) is 13.1. The number of rotatable bonds is 9. The van der Waals surface area contributed by atoms with Crippen molar-refractivity contribution < 1.29 is 19.2 Å². The number of benzene rings is 3. The first-order valence-corrected chi connectivity index (χ1v) is 14.7. The number of carbonyl (C=O) groups is 2. The minimum Gasteiger partial charge on any atom is -0.376 e. The molecular weight excluding hydrogens is 574 g/mol. The van der Waals surface area contributed by atoms with E-state index in [0.29, 0.717) is 44.7 Å². The number of nitro groups is 1. The molecule has 1 aliphatic heterocycles. The highest BCUT2D eigenvalue weighted by molar-refractivity contribution is 8.01. The number of aryl methyl sites for hydroxylation is 1. The van der Waals surface area contributed by atoms with Gasteiger partial charge in [0, 0.05) is 30.5 Å². The Morgan fingerprint density at radius 1 is 1.24 bits per heavy atom. The molecular formula is C30H25N5O5S2. The smallest absolute Gasteiger partial charge is 0.283 e. The number of ether oxygens (including phenoxy) is 1. The van der Waals surface area contributed by atoms with Crippen LogP contribution in [0.5, 0.6) is 0 Å². The van der Waals surface area contributed by atoms with E-state index in [1.165, 1.54) is 23.5 Å². The number of hydrogen-bond acceptors (Lipinski definition) is 9. The molecule has 42 heavy (non-hydrogen) atoms. The van der Waals surface area contributed by atoms with Crippen molar-refractivity contribution in [3.63, 3.8) is 0 Å². The lowest BCUT2D eigenvalue weighted by Gasteiger charge is -2.10. The molecule has 1 atom stereocenters. The standard InChI is InChI=1S/C30H25N5O5S2/c1-18-5-2-3-7-23(18)29(37)33-21-9-10-24-27(15-21)42-30(34-24)41-26-11-8-19(14-25(26)35(38)39)13-20(16-31)28(36)32-17-22-6-4-12-40-22/h2-3,5,7-11,13-15,22H,4,6,12,17H2,1H3,(H,32,36)(H,33,37)/b20-13+/t22-/m1/s1. The largest absolute Gasteiger partial charge is 0.376 e. The highest BCUT2D eigenvalue weighted by atomic mass is 32.2. The van der Waals surface area contributed by atoms with Crippen LogP contribution in [-0.4, -0.2) is 41.0 Å². The van der Waals surface area contributed by atoms with Crippen molar-refractivity contribution in [1.29, 1.82) is 5.26 Å². The minimum atomic E-state index is -0.557. The number of aromatic nitrogens is 1. The van der Waals surface area contributed by atoms with E-state index >= 15 is 0 Å². The van der Waals surface area contributed by atoms with Crippen LogP contribution < -0.4 is 10.6 Å². The lowest BCUT2D eigenvalue weighted by Crippen LogP contribution is -2.32. The molecule has 1 aliphatic rings. The van der Waals surface area contributed by atoms with E-state index in [9.17, 15) is 25.0 Å². The van der Waals surface area contributed by atoms with Crippen molar-refractivity contribution in [2.75, 3.05) is 18.5 Å². The van der Waals surface area contributed by atoms with E-state index in [0.717, 1.165) is 34.9 Å². The second-order valence-electron chi connectivity index (χ2n) is 9.53. The lowest BCUT2D eigenvalue weighted by molar-refractivity contribution is -0.387. The second-order valence-corrected chi connectivity index (χ2v) is 11.9. The summed E-state index contributed by atoms with van der Waals surface area (Å²) in [4.78, 5) is 41.6. The van der Waals surface area contributed by atoms with Crippen molar-refractivity contribution in [3.8, 4) is 6.07 Å². The summed E-state index contributed by atoms with van der Waals surface area (Å²) in [5.74, 6) is -0.769. The number of nitro benzene ring substituents is 1. The molecule has 0 aliphatic carbocycles. The Balaban J connectivity index is 1.31. The predicted molar refractivity (Wildman–Crippen MR) is 162 cm³/mol. The summed E-state index contributed by atoms with van der Waals surface area (Å²) in [5.41, 5.74) is 2.81. The van der Waals surface area contributed by atoms with Gasteiger partial charge in [-0.2, -0.15) is 5.26 Å². The summed E-state index contributed by atoms with van der Waals surface area (Å²) in [7, 11) is 0. The molecule has 0 saturated carbocycles. The van der Waals surface area contributed by atoms with E-state index in [1.807, 2.05) is 37.3 Å². The lowest BCUT2D eigenvalue weighted by atomic mass is 10.1. The fourth-order valence-corrected chi connectivity index (χ4v) is 6.57. The maximum atomic E-state index is 12.7. The highest BCUT2D eigenvalue weighted by Gasteiger charge is 2.20. The Hall–Kier alpha value is -4.57. The van der Waals surface area contributed by atoms with Crippen LogP contribution >= 0.6 is 23.1 Å². The minimum absolute atomic E-state index is 0.0716. The quantitative estimate of drug-likeness (QED) is 0.101. The molecule has 1 aromatic heterocycles. The zero-order valence-electron chi connectivity index (χ0n) is 22.5. The molecule has 2 amide bonds. The van der Waals surface area contributed by atoms with E-state index < -0.39 is 10.8 Å². The first kappa shape index (κ1) is 28.9. The molecule has 10 nitrogen and oxygen atoms in total. The van der Waals surface area contributed by atoms with Crippen LogP contribution in [0.1, 0.15) is 34.3 Å². The second kappa shape index (κ2) is 12.9. The number of nitrogens with zero attached hydrogens (tertiary/aromatic N) is 3. The topological polar surface area (TPSA) is 147 Å². The number of thiazole rings is 1. The third kappa shape index (κ3) is 6.83. The van der Waals surface area contributed by atoms with E-state index in [1.54, 1.807) is 30.3 Å². The van der Waals surface area contributed by atoms with Gasteiger partial charge >= 0.3 is 0 Å². The molecule has 212 valence electrons. The fraction of sp³-hybridized carbons (Fsp3) is 0.200. The fourth-order valence-electron chi connectivity index (χ4n) is 4.42. The van der Waals surface area contributed by atoms with Crippen LogP contribution in [0.3, 0.4) is 0 Å². The van der Waals surface area contributed by atoms with E-state index in [-0.39, 0.29) is 23.3 Å². The van der Waals surface area contributed by atoms with Gasteiger partial charge < -0.3 is 15.4 Å². The van der Waals surface area contributed by atoms with Crippen molar-refractivity contribution in [3.05, 3.63) is 93.0 Å². The summed E-state index contributed by atoms with van der Waals surface area (Å²) in [5, 5.41) is 27.0. The molecule has 0 radical (unpaired) electrons. The number of anilines is 1. The number of carbonyl (C=O) groups excluding carboxylic acids is 2. The van der Waals surface area contributed by atoms with Gasteiger partial charge in [-0.1, -0.05) is 36.0 Å². The van der Waals surface area contributed by atoms with Crippen LogP contribution in [0.15, 0.2) is 75.5 Å². The molecule has 2 heterocycles. The summed E-state index contributed by atoms with van der Waals surface area (Å²) < 4.78 is 6.89. The maximum absolute atomic E-state index is 12.7. The Labute approximate surface area is 249 Å². The first-order chi connectivity index (χ1) is 20.3. The Bertz CT molecular complexity index is 1750. The zero-order chi connectivity index (χ0) is 29.6. The molecule has 1 saturated heterocycles. The number of amides is 2. The molecule has 3 aromatic carbocycles. The highest BCUT2D eigenvalue weighted by Crippen LogP contribution is 2.40. The number of nitriles is 1. The van der Waals surface area contributed by atoms with Crippen molar-refractivity contribution in [1.82, 2.24) is 10.3 Å². The van der Waals surface area contributed by atoms with Gasteiger partial charge in [0.05, 0.1) is 26.1 Å². The predicted octanol–water partition coefficient (Wildman–Crippen LogP) is 6.12. The van der Waals surface area contributed by atoms with Gasteiger partial charge in [-0.25, -0.2) is 4.98 Å².